The third-order valence-corrected chi connectivity index (χ3v) is 12.3. The molecule has 8 aromatic carbocycles. The lowest BCUT2D eigenvalue weighted by atomic mass is 10.1. The van der Waals surface area contributed by atoms with Crippen LogP contribution in [0, 0.1) is 0 Å². The van der Waals surface area contributed by atoms with Crippen LogP contribution >= 0.6 is 11.3 Å². The zero-order valence-electron chi connectivity index (χ0n) is 30.5. The molecule has 0 aliphatic rings. The molecule has 0 aliphatic heterocycles. The molecule has 12 aromatic rings. The molecule has 0 bridgehead atoms. The lowest BCUT2D eigenvalue weighted by Crippen LogP contribution is -2.01. The Labute approximate surface area is 331 Å². The second-order valence-corrected chi connectivity index (χ2v) is 15.5. The van der Waals surface area contributed by atoms with Crippen molar-refractivity contribution < 1.29 is 0 Å². The maximum Gasteiger partial charge on any atom is 0.164 e. The zero-order valence-corrected chi connectivity index (χ0v) is 31.4. The molecule has 4 heterocycles. The number of thiophene rings is 1. The first-order chi connectivity index (χ1) is 28.3. The van der Waals surface area contributed by atoms with E-state index in [4.69, 9.17) is 15.0 Å². The highest BCUT2D eigenvalue weighted by Gasteiger charge is 2.21. The topological polar surface area (TPSA) is 48.5 Å². The van der Waals surface area contributed by atoms with Gasteiger partial charge in [0.15, 0.2) is 17.5 Å². The number of fused-ring (bicyclic) bond motifs is 10. The fraction of sp³-hybridized carbons (Fsp3) is 0. The van der Waals surface area contributed by atoms with E-state index >= 15 is 0 Å². The van der Waals surface area contributed by atoms with E-state index in [1.54, 1.807) is 11.3 Å². The van der Waals surface area contributed by atoms with Crippen LogP contribution in [0.25, 0.3) is 109 Å². The third kappa shape index (κ3) is 4.98. The number of nitrogens with zero attached hydrogens (tertiary/aromatic N) is 5. The predicted molar refractivity (Wildman–Crippen MR) is 238 cm³/mol. The van der Waals surface area contributed by atoms with Gasteiger partial charge in [0.05, 0.1) is 22.1 Å². The second kappa shape index (κ2) is 12.6. The maximum atomic E-state index is 5.19. The average molecular weight is 746 g/mol. The highest BCUT2D eigenvalue weighted by molar-refractivity contribution is 7.25. The Morgan fingerprint density at radius 3 is 1.68 bits per heavy atom. The van der Waals surface area contributed by atoms with Crippen LogP contribution in [0.2, 0.25) is 0 Å². The number of aromatic nitrogens is 5. The van der Waals surface area contributed by atoms with Gasteiger partial charge in [0, 0.05) is 69.8 Å². The SMILES string of the molecule is c1ccc(-c2nc(-c3cccc(-n4c5ccccc5c5c4ccc4c6ccccc6n(-c6ccccc6)c45)c3)nc(-c3ccc4c(c3)sc3ccccc34)n2)cc1. The molecule has 0 radical (unpaired) electrons. The van der Waals surface area contributed by atoms with Crippen LogP contribution in [0.5, 0.6) is 0 Å². The minimum Gasteiger partial charge on any atom is -0.309 e. The summed E-state index contributed by atoms with van der Waals surface area (Å²) in [4.78, 5) is 15.4. The van der Waals surface area contributed by atoms with Gasteiger partial charge in [0.2, 0.25) is 0 Å². The van der Waals surface area contributed by atoms with Gasteiger partial charge in [-0.25, -0.2) is 15.0 Å². The normalized spacial score (nSPS) is 11.9. The van der Waals surface area contributed by atoms with Gasteiger partial charge in [-0.05, 0) is 54.6 Å². The molecule has 57 heavy (non-hydrogen) atoms. The first kappa shape index (κ1) is 31.9. The van der Waals surface area contributed by atoms with Crippen LogP contribution in [0.1, 0.15) is 0 Å². The molecule has 0 N–H and O–H groups in total. The Bertz CT molecular complexity index is 3520. The van der Waals surface area contributed by atoms with Gasteiger partial charge in [-0.2, -0.15) is 0 Å². The van der Waals surface area contributed by atoms with Crippen LogP contribution < -0.4 is 0 Å². The molecule has 4 aromatic heterocycles. The molecule has 0 spiro atoms. The minimum atomic E-state index is 0.629. The highest BCUT2D eigenvalue weighted by atomic mass is 32.1. The molecule has 12 rings (SSSR count). The van der Waals surface area contributed by atoms with E-state index < -0.39 is 0 Å². The molecule has 0 amide bonds. The lowest BCUT2D eigenvalue weighted by Gasteiger charge is -2.12. The zero-order chi connectivity index (χ0) is 37.5. The molecule has 0 atom stereocenters. The third-order valence-electron chi connectivity index (χ3n) is 11.2. The Morgan fingerprint density at radius 2 is 0.895 bits per heavy atom. The van der Waals surface area contributed by atoms with Gasteiger partial charge in [-0.1, -0.05) is 133 Å². The van der Waals surface area contributed by atoms with E-state index in [1.165, 1.54) is 52.8 Å². The molecule has 266 valence electrons. The fourth-order valence-electron chi connectivity index (χ4n) is 8.63. The molecule has 0 aliphatic carbocycles. The van der Waals surface area contributed by atoms with Gasteiger partial charge in [-0.3, -0.25) is 0 Å². The molecule has 0 saturated carbocycles. The number of para-hydroxylation sites is 3. The van der Waals surface area contributed by atoms with E-state index in [0.717, 1.165) is 39.1 Å². The van der Waals surface area contributed by atoms with Crippen LogP contribution in [-0.4, -0.2) is 24.1 Å². The smallest absolute Gasteiger partial charge is 0.164 e. The quantitative estimate of drug-likeness (QED) is 0.176. The molecule has 6 heteroatoms. The summed E-state index contributed by atoms with van der Waals surface area (Å²) in [6, 6.07) is 66.7. The van der Waals surface area contributed by atoms with Crippen molar-refractivity contribution in [3.63, 3.8) is 0 Å². The molecular weight excluding hydrogens is 715 g/mol. The van der Waals surface area contributed by atoms with Crippen LogP contribution in [0.3, 0.4) is 0 Å². The Morgan fingerprint density at radius 1 is 0.333 bits per heavy atom. The largest absolute Gasteiger partial charge is 0.309 e. The van der Waals surface area contributed by atoms with Crippen molar-refractivity contribution in [1.29, 1.82) is 0 Å². The van der Waals surface area contributed by atoms with Gasteiger partial charge >= 0.3 is 0 Å². The van der Waals surface area contributed by atoms with Crippen molar-refractivity contribution in [1.82, 2.24) is 24.1 Å². The fourth-order valence-corrected chi connectivity index (χ4v) is 9.78. The summed E-state index contributed by atoms with van der Waals surface area (Å²) >= 11 is 1.80. The summed E-state index contributed by atoms with van der Waals surface area (Å²) in [6.45, 7) is 0. The van der Waals surface area contributed by atoms with Crippen molar-refractivity contribution >= 4 is 75.1 Å². The average Bonchev–Trinajstić information content (AvgIpc) is 3.94. The van der Waals surface area contributed by atoms with Crippen molar-refractivity contribution in [3.8, 4) is 45.5 Å². The van der Waals surface area contributed by atoms with Gasteiger partial charge in [-0.15, -0.1) is 11.3 Å². The van der Waals surface area contributed by atoms with E-state index in [9.17, 15) is 0 Å². The minimum absolute atomic E-state index is 0.629. The Kier molecular flexibility index (Phi) is 7.03. The van der Waals surface area contributed by atoms with Crippen molar-refractivity contribution in [2.75, 3.05) is 0 Å². The van der Waals surface area contributed by atoms with Gasteiger partial charge in [0.25, 0.3) is 0 Å². The Hall–Kier alpha value is -7.41. The number of rotatable bonds is 5. The number of hydrogen-bond acceptors (Lipinski definition) is 4. The molecule has 0 unspecified atom stereocenters. The van der Waals surface area contributed by atoms with E-state index in [1.807, 2.05) is 18.2 Å². The summed E-state index contributed by atoms with van der Waals surface area (Å²) in [5.74, 6) is 1.92. The van der Waals surface area contributed by atoms with E-state index in [2.05, 4.69) is 179 Å². The molecule has 0 saturated heterocycles. The predicted octanol–water partition coefficient (Wildman–Crippen LogP) is 13.4. The summed E-state index contributed by atoms with van der Waals surface area (Å²) < 4.78 is 7.30. The monoisotopic (exact) mass is 745 g/mol. The van der Waals surface area contributed by atoms with Crippen molar-refractivity contribution in [2.45, 2.75) is 0 Å². The first-order valence-electron chi connectivity index (χ1n) is 19.1. The standard InChI is InChI=1S/C51H31N5S/c1-3-14-32(15-4-1)49-52-50(54-51(53-49)34-26-27-39-38-21-9-12-25-45(38)57-46(39)31-34)33-16-13-19-36(30-33)55-43-24-11-8-22-41(43)47-44(55)29-28-40-37-20-7-10-23-42(37)56(48(40)47)35-17-5-2-6-18-35/h1-31H. The van der Waals surface area contributed by atoms with Crippen molar-refractivity contribution in [3.05, 3.63) is 188 Å². The molecular formula is C51H31N5S. The number of benzene rings is 8. The Balaban J connectivity index is 1.08. The summed E-state index contributed by atoms with van der Waals surface area (Å²) in [6.07, 6.45) is 0. The lowest BCUT2D eigenvalue weighted by molar-refractivity contribution is 1.07. The van der Waals surface area contributed by atoms with Crippen LogP contribution in [0.4, 0.5) is 0 Å². The summed E-state index contributed by atoms with van der Waals surface area (Å²) in [5, 5.41) is 7.42. The van der Waals surface area contributed by atoms with Crippen LogP contribution in [0.15, 0.2) is 188 Å². The number of hydrogen-bond donors (Lipinski definition) is 0. The molecule has 0 fully saturated rings. The summed E-state index contributed by atoms with van der Waals surface area (Å²) in [7, 11) is 0. The van der Waals surface area contributed by atoms with Crippen molar-refractivity contribution in [2.24, 2.45) is 0 Å². The van der Waals surface area contributed by atoms with Gasteiger partial charge in [0.1, 0.15) is 0 Å². The maximum absolute atomic E-state index is 5.19. The highest BCUT2D eigenvalue weighted by Crippen LogP contribution is 2.42. The van der Waals surface area contributed by atoms with E-state index in [-0.39, 0.29) is 0 Å². The van der Waals surface area contributed by atoms with Crippen LogP contribution in [-0.2, 0) is 0 Å². The second-order valence-electron chi connectivity index (χ2n) is 14.4. The first-order valence-corrected chi connectivity index (χ1v) is 19.9. The summed E-state index contributed by atoms with van der Waals surface area (Å²) in [5.41, 5.74) is 9.68. The molecule has 5 nitrogen and oxygen atoms in total. The van der Waals surface area contributed by atoms with Gasteiger partial charge < -0.3 is 9.13 Å². The van der Waals surface area contributed by atoms with E-state index in [0.29, 0.717) is 17.5 Å².